The first-order chi connectivity index (χ1) is 13.6. The maximum atomic E-state index is 12.6. The van der Waals surface area contributed by atoms with Crippen molar-refractivity contribution < 1.29 is 23.9 Å². The van der Waals surface area contributed by atoms with Gasteiger partial charge in [-0.2, -0.15) is 0 Å². The van der Waals surface area contributed by atoms with Crippen LogP contribution in [0.3, 0.4) is 0 Å². The third kappa shape index (κ3) is 4.65. The second-order valence-electron chi connectivity index (χ2n) is 6.39. The van der Waals surface area contributed by atoms with Crippen LogP contribution in [0.4, 0.5) is 0 Å². The Morgan fingerprint density at radius 3 is 2.43 bits per heavy atom. The SMILES string of the molecule is COC(=O)[C@@H]1Cc2ccccc2CN1C(=O)COC(=O)/C=C/c1ccccc1. The molecule has 0 fully saturated rings. The number of fused-ring (bicyclic) bond motifs is 1. The van der Waals surface area contributed by atoms with Crippen molar-refractivity contribution in [3.8, 4) is 0 Å². The van der Waals surface area contributed by atoms with Crippen LogP contribution < -0.4 is 0 Å². The summed E-state index contributed by atoms with van der Waals surface area (Å²) in [4.78, 5) is 38.1. The summed E-state index contributed by atoms with van der Waals surface area (Å²) < 4.78 is 9.91. The average Bonchev–Trinajstić information content (AvgIpc) is 2.75. The lowest BCUT2D eigenvalue weighted by atomic mass is 9.94. The highest BCUT2D eigenvalue weighted by molar-refractivity contribution is 5.90. The Morgan fingerprint density at radius 1 is 1.04 bits per heavy atom. The molecule has 0 spiro atoms. The van der Waals surface area contributed by atoms with Gasteiger partial charge in [0.15, 0.2) is 6.61 Å². The van der Waals surface area contributed by atoms with Crippen LogP contribution in [0.5, 0.6) is 0 Å². The molecule has 6 nitrogen and oxygen atoms in total. The van der Waals surface area contributed by atoms with Crippen molar-refractivity contribution in [3.63, 3.8) is 0 Å². The predicted octanol–water partition coefficient (Wildman–Crippen LogP) is 2.37. The molecular weight excluding hydrogens is 358 g/mol. The van der Waals surface area contributed by atoms with Gasteiger partial charge in [0.1, 0.15) is 6.04 Å². The van der Waals surface area contributed by atoms with E-state index >= 15 is 0 Å². The highest BCUT2D eigenvalue weighted by Crippen LogP contribution is 2.24. The molecule has 0 radical (unpaired) electrons. The number of rotatable bonds is 5. The van der Waals surface area contributed by atoms with E-state index in [-0.39, 0.29) is 6.54 Å². The van der Waals surface area contributed by atoms with Crippen molar-refractivity contribution in [2.24, 2.45) is 0 Å². The fraction of sp³-hybridized carbons (Fsp3) is 0.227. The lowest BCUT2D eigenvalue weighted by molar-refractivity contribution is -0.158. The number of carbonyl (C=O) groups is 3. The molecule has 1 atom stereocenters. The van der Waals surface area contributed by atoms with Crippen LogP contribution in [0, 0.1) is 0 Å². The maximum absolute atomic E-state index is 12.6. The van der Waals surface area contributed by atoms with E-state index in [1.807, 2.05) is 54.6 Å². The molecule has 1 aliphatic heterocycles. The number of methoxy groups -OCH3 is 1. The molecule has 0 bridgehead atoms. The van der Waals surface area contributed by atoms with Gasteiger partial charge in [0, 0.05) is 19.0 Å². The van der Waals surface area contributed by atoms with Crippen molar-refractivity contribution in [2.75, 3.05) is 13.7 Å². The number of ether oxygens (including phenoxy) is 2. The third-order valence-corrected chi connectivity index (χ3v) is 4.59. The molecule has 6 heteroatoms. The average molecular weight is 379 g/mol. The van der Waals surface area contributed by atoms with E-state index in [1.165, 1.54) is 18.1 Å². The van der Waals surface area contributed by atoms with Crippen molar-refractivity contribution in [1.29, 1.82) is 0 Å². The summed E-state index contributed by atoms with van der Waals surface area (Å²) in [6.07, 6.45) is 3.25. The Labute approximate surface area is 163 Å². The molecule has 3 rings (SSSR count). The highest BCUT2D eigenvalue weighted by atomic mass is 16.5. The summed E-state index contributed by atoms with van der Waals surface area (Å²) in [6.45, 7) is -0.167. The molecule has 0 saturated carbocycles. The van der Waals surface area contributed by atoms with E-state index in [9.17, 15) is 14.4 Å². The van der Waals surface area contributed by atoms with Gasteiger partial charge in [-0.05, 0) is 22.8 Å². The largest absolute Gasteiger partial charge is 0.467 e. The first kappa shape index (κ1) is 19.4. The number of nitrogens with zero attached hydrogens (tertiary/aromatic N) is 1. The first-order valence-corrected chi connectivity index (χ1v) is 8.92. The lowest BCUT2D eigenvalue weighted by Gasteiger charge is -2.35. The molecule has 0 N–H and O–H groups in total. The molecule has 0 aromatic heterocycles. The van der Waals surface area contributed by atoms with Crippen LogP contribution in [0.25, 0.3) is 6.08 Å². The topological polar surface area (TPSA) is 72.9 Å². The number of benzene rings is 2. The van der Waals surface area contributed by atoms with Gasteiger partial charge in [-0.3, -0.25) is 4.79 Å². The van der Waals surface area contributed by atoms with Crippen LogP contribution in [0.2, 0.25) is 0 Å². The van der Waals surface area contributed by atoms with E-state index in [1.54, 1.807) is 6.08 Å². The van der Waals surface area contributed by atoms with Crippen LogP contribution in [-0.4, -0.2) is 42.5 Å². The third-order valence-electron chi connectivity index (χ3n) is 4.59. The summed E-state index contributed by atoms with van der Waals surface area (Å²) in [5, 5.41) is 0. The number of carbonyl (C=O) groups excluding carboxylic acids is 3. The zero-order chi connectivity index (χ0) is 19.9. The fourth-order valence-corrected chi connectivity index (χ4v) is 3.12. The Kier molecular flexibility index (Phi) is 6.22. The summed E-state index contributed by atoms with van der Waals surface area (Å²) >= 11 is 0. The summed E-state index contributed by atoms with van der Waals surface area (Å²) in [5.41, 5.74) is 2.82. The molecule has 1 amide bonds. The smallest absolute Gasteiger partial charge is 0.331 e. The van der Waals surface area contributed by atoms with Crippen LogP contribution in [0.15, 0.2) is 60.7 Å². The van der Waals surface area contributed by atoms with Crippen LogP contribution >= 0.6 is 0 Å². The minimum atomic E-state index is -0.731. The Bertz CT molecular complexity index is 891. The minimum Gasteiger partial charge on any atom is -0.467 e. The molecule has 28 heavy (non-hydrogen) atoms. The first-order valence-electron chi connectivity index (χ1n) is 8.92. The second-order valence-corrected chi connectivity index (χ2v) is 6.39. The molecule has 1 aliphatic rings. The minimum absolute atomic E-state index is 0.270. The zero-order valence-corrected chi connectivity index (χ0v) is 15.5. The summed E-state index contributed by atoms with van der Waals surface area (Å²) in [5.74, 6) is -1.55. The van der Waals surface area contributed by atoms with Crippen LogP contribution in [-0.2, 0) is 36.8 Å². The van der Waals surface area contributed by atoms with Gasteiger partial charge >= 0.3 is 11.9 Å². The van der Waals surface area contributed by atoms with Crippen molar-refractivity contribution in [2.45, 2.75) is 19.0 Å². The Balaban J connectivity index is 1.64. The predicted molar refractivity (Wildman–Crippen MR) is 103 cm³/mol. The molecule has 2 aromatic carbocycles. The normalized spacial score (nSPS) is 15.8. The molecule has 0 unspecified atom stereocenters. The molecule has 0 saturated heterocycles. The molecule has 0 aliphatic carbocycles. The van der Waals surface area contributed by atoms with Gasteiger partial charge in [0.2, 0.25) is 0 Å². The zero-order valence-electron chi connectivity index (χ0n) is 15.5. The van der Waals surface area contributed by atoms with Crippen LogP contribution in [0.1, 0.15) is 16.7 Å². The van der Waals surface area contributed by atoms with E-state index in [4.69, 9.17) is 9.47 Å². The van der Waals surface area contributed by atoms with Crippen molar-refractivity contribution in [1.82, 2.24) is 4.90 Å². The molecule has 2 aromatic rings. The Morgan fingerprint density at radius 2 is 1.71 bits per heavy atom. The molecule has 1 heterocycles. The van der Waals surface area contributed by atoms with Crippen molar-refractivity contribution in [3.05, 3.63) is 77.4 Å². The standard InChI is InChI=1S/C22H21NO5/c1-27-22(26)19-13-17-9-5-6-10-18(17)14-23(19)20(24)15-28-21(25)12-11-16-7-3-2-4-8-16/h2-12,19H,13-15H2,1H3/b12-11+/t19-/m0/s1. The van der Waals surface area contributed by atoms with Crippen molar-refractivity contribution >= 4 is 23.9 Å². The van der Waals surface area contributed by atoms with E-state index < -0.39 is 30.5 Å². The van der Waals surface area contributed by atoms with Gasteiger partial charge in [0.25, 0.3) is 5.91 Å². The van der Waals surface area contributed by atoms with Gasteiger partial charge in [0.05, 0.1) is 7.11 Å². The van der Waals surface area contributed by atoms with E-state index in [0.29, 0.717) is 6.42 Å². The number of esters is 2. The summed E-state index contributed by atoms with van der Waals surface area (Å²) in [7, 11) is 1.29. The van der Waals surface area contributed by atoms with Gasteiger partial charge in [-0.1, -0.05) is 54.6 Å². The quantitative estimate of drug-likeness (QED) is 0.589. The second kappa shape index (κ2) is 8.99. The van der Waals surface area contributed by atoms with Gasteiger partial charge in [-0.25, -0.2) is 9.59 Å². The maximum Gasteiger partial charge on any atom is 0.331 e. The lowest BCUT2D eigenvalue weighted by Crippen LogP contribution is -2.50. The summed E-state index contributed by atoms with van der Waals surface area (Å²) in [6, 6.07) is 16.2. The van der Waals surface area contributed by atoms with Gasteiger partial charge < -0.3 is 14.4 Å². The number of hydrogen-bond acceptors (Lipinski definition) is 5. The fourth-order valence-electron chi connectivity index (χ4n) is 3.12. The van der Waals surface area contributed by atoms with E-state index in [2.05, 4.69) is 0 Å². The Hall–Kier alpha value is -3.41. The molecular formula is C22H21NO5. The van der Waals surface area contributed by atoms with E-state index in [0.717, 1.165) is 16.7 Å². The molecule has 144 valence electrons. The number of amides is 1. The highest BCUT2D eigenvalue weighted by Gasteiger charge is 2.35. The van der Waals surface area contributed by atoms with Gasteiger partial charge in [-0.15, -0.1) is 0 Å². The number of hydrogen-bond donors (Lipinski definition) is 0. The monoisotopic (exact) mass is 379 g/mol.